The van der Waals surface area contributed by atoms with E-state index in [1.807, 2.05) is 6.92 Å². The summed E-state index contributed by atoms with van der Waals surface area (Å²) in [7, 11) is 7.51. The zero-order chi connectivity index (χ0) is 24.7. The Bertz CT molecular complexity index is 1200. The lowest BCUT2D eigenvalue weighted by Gasteiger charge is -2.26. The van der Waals surface area contributed by atoms with E-state index in [2.05, 4.69) is 26.8 Å². The third-order valence-corrected chi connectivity index (χ3v) is 5.69. The van der Waals surface area contributed by atoms with Gasteiger partial charge in [-0.2, -0.15) is 18.2 Å². The monoisotopic (exact) mass is 466 g/mol. The number of hydrogen-bond acceptors (Lipinski definition) is 7. The van der Waals surface area contributed by atoms with Crippen molar-refractivity contribution >= 4 is 19.6 Å². The van der Waals surface area contributed by atoms with E-state index in [4.69, 9.17) is 7.85 Å². The molecule has 1 aromatic carbocycles. The first-order valence-electron chi connectivity index (χ1n) is 10.4. The van der Waals surface area contributed by atoms with Crippen molar-refractivity contribution in [1.82, 2.24) is 19.9 Å². The van der Waals surface area contributed by atoms with Gasteiger partial charge < -0.3 is 20.2 Å². The van der Waals surface area contributed by atoms with Gasteiger partial charge in [0.15, 0.2) is 0 Å². The van der Waals surface area contributed by atoms with Gasteiger partial charge in [0, 0.05) is 25.0 Å². The Balaban J connectivity index is 1.48. The topological polar surface area (TPSA) is 77.4 Å². The fraction of sp³-hybridized carbons (Fsp3) is 0.261. The highest BCUT2D eigenvalue weighted by molar-refractivity contribution is 6.15. The highest BCUT2D eigenvalue weighted by Crippen LogP contribution is 2.33. The SMILES string of the molecule is [B]C1(O)CN(c2ccnc(NC(C)c3ccc(-c4cccc(C(F)(F)F)c4)cn3)n2)C(=C)N1C. The lowest BCUT2D eigenvalue weighted by atomic mass is 9.91. The number of likely N-dealkylation sites (N-methyl/N-ethyl adjacent to an activating group) is 1. The molecule has 2 atom stereocenters. The average molecular weight is 466 g/mol. The molecule has 11 heteroatoms. The van der Waals surface area contributed by atoms with E-state index in [1.54, 1.807) is 42.4 Å². The van der Waals surface area contributed by atoms with Crippen LogP contribution in [0.25, 0.3) is 11.1 Å². The minimum absolute atomic E-state index is 0.0902. The van der Waals surface area contributed by atoms with E-state index in [-0.39, 0.29) is 12.6 Å². The molecular weight excluding hydrogens is 444 g/mol. The lowest BCUT2D eigenvalue weighted by molar-refractivity contribution is -0.137. The van der Waals surface area contributed by atoms with Crippen LogP contribution in [0.4, 0.5) is 24.9 Å². The van der Waals surface area contributed by atoms with Crippen molar-refractivity contribution in [2.75, 3.05) is 23.8 Å². The standard InChI is InChI=1S/C23H22BF3N6O/c1-14(19-8-7-17(12-29-19)16-5-4-6-18(11-16)23(25,26)27)30-21-28-10-9-20(31-21)33-13-22(24,34)32(3)15(33)2/h4-12,14,34H,2,13H2,1,3H3,(H,28,30,31). The number of β-amino-alcohol motifs (C(OH)–C–C–N with tert-alkyl or cyclic N) is 1. The summed E-state index contributed by atoms with van der Waals surface area (Å²) in [6.07, 6.45) is -1.30. The van der Waals surface area contributed by atoms with Crippen LogP contribution in [0.5, 0.6) is 0 Å². The van der Waals surface area contributed by atoms with Gasteiger partial charge in [-0.15, -0.1) is 0 Å². The Labute approximate surface area is 196 Å². The maximum absolute atomic E-state index is 13.0. The minimum Gasteiger partial charge on any atom is -0.378 e. The molecule has 0 saturated carbocycles. The van der Waals surface area contributed by atoms with E-state index in [9.17, 15) is 18.3 Å². The second-order valence-corrected chi connectivity index (χ2v) is 8.09. The molecule has 0 spiro atoms. The van der Waals surface area contributed by atoms with Crippen LogP contribution in [-0.4, -0.2) is 52.0 Å². The predicted octanol–water partition coefficient (Wildman–Crippen LogP) is 3.77. The van der Waals surface area contributed by atoms with Crippen LogP contribution in [0.2, 0.25) is 0 Å². The first kappa shape index (κ1) is 23.6. The van der Waals surface area contributed by atoms with Crippen molar-refractivity contribution in [2.45, 2.75) is 24.8 Å². The van der Waals surface area contributed by atoms with Crippen LogP contribution in [0.15, 0.2) is 67.3 Å². The second-order valence-electron chi connectivity index (χ2n) is 8.09. The zero-order valence-electron chi connectivity index (χ0n) is 18.6. The summed E-state index contributed by atoms with van der Waals surface area (Å²) in [4.78, 5) is 16.3. The summed E-state index contributed by atoms with van der Waals surface area (Å²) < 4.78 is 39.0. The van der Waals surface area contributed by atoms with Gasteiger partial charge >= 0.3 is 6.18 Å². The Hall–Kier alpha value is -3.60. The summed E-state index contributed by atoms with van der Waals surface area (Å²) in [5.74, 6) is 1.34. The minimum atomic E-state index is -4.41. The van der Waals surface area contributed by atoms with Gasteiger partial charge in [0.2, 0.25) is 5.95 Å². The number of nitrogens with one attached hydrogen (secondary N) is 1. The Morgan fingerprint density at radius 3 is 2.56 bits per heavy atom. The van der Waals surface area contributed by atoms with Crippen molar-refractivity contribution in [2.24, 2.45) is 0 Å². The lowest BCUT2D eigenvalue weighted by Crippen LogP contribution is -2.43. The average Bonchev–Trinajstić information content (AvgIpc) is 3.02. The molecule has 2 aromatic heterocycles. The molecule has 2 radical (unpaired) electrons. The molecule has 2 N–H and O–H groups in total. The van der Waals surface area contributed by atoms with E-state index < -0.39 is 17.4 Å². The number of aliphatic hydroxyl groups is 1. The quantitative estimate of drug-likeness (QED) is 0.555. The first-order chi connectivity index (χ1) is 16.0. The fourth-order valence-electron chi connectivity index (χ4n) is 3.59. The molecule has 0 aliphatic carbocycles. The fourth-order valence-corrected chi connectivity index (χ4v) is 3.59. The second kappa shape index (κ2) is 8.64. The van der Waals surface area contributed by atoms with Gasteiger partial charge in [0.25, 0.3) is 0 Å². The van der Waals surface area contributed by atoms with Crippen LogP contribution >= 0.6 is 0 Å². The molecular formula is C23H22BF3N6O. The zero-order valence-corrected chi connectivity index (χ0v) is 18.6. The summed E-state index contributed by atoms with van der Waals surface area (Å²) >= 11 is 0. The van der Waals surface area contributed by atoms with Crippen molar-refractivity contribution in [3.05, 3.63) is 78.5 Å². The Kier molecular flexibility index (Phi) is 5.99. The molecule has 7 nitrogen and oxygen atoms in total. The number of hydrogen-bond donors (Lipinski definition) is 2. The third kappa shape index (κ3) is 4.70. The summed E-state index contributed by atoms with van der Waals surface area (Å²) in [5.41, 5.74) is -0.603. The summed E-state index contributed by atoms with van der Waals surface area (Å²) in [6.45, 7) is 5.89. The molecule has 174 valence electrons. The number of nitrogens with zero attached hydrogens (tertiary/aromatic N) is 5. The molecule has 0 bridgehead atoms. The largest absolute Gasteiger partial charge is 0.416 e. The van der Waals surface area contributed by atoms with Crippen LogP contribution in [0, 0.1) is 0 Å². The summed E-state index contributed by atoms with van der Waals surface area (Å²) in [6, 6.07) is 9.97. The molecule has 3 heterocycles. The van der Waals surface area contributed by atoms with Gasteiger partial charge in [-0.05, 0) is 36.8 Å². The van der Waals surface area contributed by atoms with E-state index in [0.29, 0.717) is 34.4 Å². The molecule has 4 rings (SSSR count). The van der Waals surface area contributed by atoms with E-state index in [1.165, 1.54) is 17.2 Å². The maximum atomic E-state index is 13.0. The molecule has 1 fully saturated rings. The third-order valence-electron chi connectivity index (χ3n) is 5.69. The molecule has 1 saturated heterocycles. The number of halogens is 3. The van der Waals surface area contributed by atoms with E-state index in [0.717, 1.165) is 12.1 Å². The number of aromatic nitrogens is 3. The number of rotatable bonds is 5. The summed E-state index contributed by atoms with van der Waals surface area (Å²) in [5, 5.41) is 13.4. The Morgan fingerprint density at radius 2 is 1.94 bits per heavy atom. The van der Waals surface area contributed by atoms with Crippen LogP contribution in [0.1, 0.15) is 24.2 Å². The van der Waals surface area contributed by atoms with Gasteiger partial charge in [-0.25, -0.2) is 4.98 Å². The first-order valence-corrected chi connectivity index (χ1v) is 10.4. The van der Waals surface area contributed by atoms with Crippen molar-refractivity contribution in [1.29, 1.82) is 0 Å². The smallest absolute Gasteiger partial charge is 0.378 e. The molecule has 1 aliphatic rings. The normalized spacial score (nSPS) is 19.4. The predicted molar refractivity (Wildman–Crippen MR) is 124 cm³/mol. The molecule has 3 aromatic rings. The Morgan fingerprint density at radius 1 is 1.18 bits per heavy atom. The van der Waals surface area contributed by atoms with E-state index >= 15 is 0 Å². The molecule has 2 unspecified atom stereocenters. The number of alkyl halides is 3. The van der Waals surface area contributed by atoms with Crippen LogP contribution in [0.3, 0.4) is 0 Å². The van der Waals surface area contributed by atoms with Crippen molar-refractivity contribution in [3.63, 3.8) is 0 Å². The van der Waals surface area contributed by atoms with Gasteiger partial charge in [-0.1, -0.05) is 24.8 Å². The van der Waals surface area contributed by atoms with Gasteiger partial charge in [0.05, 0.1) is 23.8 Å². The highest BCUT2D eigenvalue weighted by Gasteiger charge is 2.39. The maximum Gasteiger partial charge on any atom is 0.416 e. The number of benzene rings is 1. The number of anilines is 2. The molecule has 0 amide bonds. The van der Waals surface area contributed by atoms with Gasteiger partial charge in [-0.3, -0.25) is 4.98 Å². The number of pyridine rings is 1. The molecule has 1 aliphatic heterocycles. The molecule has 34 heavy (non-hydrogen) atoms. The van der Waals surface area contributed by atoms with Crippen LogP contribution in [-0.2, 0) is 6.18 Å². The van der Waals surface area contributed by atoms with Gasteiger partial charge in [0.1, 0.15) is 25.1 Å². The van der Waals surface area contributed by atoms with Crippen molar-refractivity contribution < 1.29 is 18.3 Å². The van der Waals surface area contributed by atoms with Crippen LogP contribution < -0.4 is 10.2 Å². The van der Waals surface area contributed by atoms with Crippen molar-refractivity contribution in [3.8, 4) is 11.1 Å². The highest BCUT2D eigenvalue weighted by atomic mass is 19.4.